The van der Waals surface area contributed by atoms with Crippen molar-refractivity contribution in [1.82, 2.24) is 9.80 Å². The van der Waals surface area contributed by atoms with Crippen LogP contribution in [0.15, 0.2) is 0 Å². The Balaban J connectivity index is 1.94. The Labute approximate surface area is 105 Å². The average Bonchev–Trinajstić information content (AvgIpc) is 3.16. The van der Waals surface area contributed by atoms with Gasteiger partial charge in [0.2, 0.25) is 0 Å². The smallest absolute Gasteiger partial charge is 0.0602 e. The first kappa shape index (κ1) is 13.3. The molecule has 3 atom stereocenters. The molecule has 4 heteroatoms. The van der Waals surface area contributed by atoms with Crippen molar-refractivity contribution in [3.63, 3.8) is 0 Å². The maximum Gasteiger partial charge on any atom is 0.0602 e. The van der Waals surface area contributed by atoms with Gasteiger partial charge >= 0.3 is 0 Å². The van der Waals surface area contributed by atoms with E-state index in [9.17, 15) is 5.11 Å². The lowest BCUT2D eigenvalue weighted by Gasteiger charge is -2.44. The van der Waals surface area contributed by atoms with E-state index in [0.29, 0.717) is 12.0 Å². The SMILES string of the molecule is CCC1CN(C(CO)C(N)C2CC2)CCN1C. The van der Waals surface area contributed by atoms with Crippen LogP contribution in [0.2, 0.25) is 0 Å². The first-order valence-corrected chi connectivity index (χ1v) is 6.98. The fraction of sp³-hybridized carbons (Fsp3) is 1.00. The van der Waals surface area contributed by atoms with Crippen molar-refractivity contribution < 1.29 is 5.11 Å². The molecule has 4 nitrogen and oxygen atoms in total. The van der Waals surface area contributed by atoms with E-state index in [0.717, 1.165) is 19.6 Å². The van der Waals surface area contributed by atoms with Crippen LogP contribution in [-0.4, -0.2) is 66.3 Å². The van der Waals surface area contributed by atoms with Crippen molar-refractivity contribution in [1.29, 1.82) is 0 Å². The van der Waals surface area contributed by atoms with E-state index in [1.165, 1.54) is 19.3 Å². The largest absolute Gasteiger partial charge is 0.395 e. The molecule has 0 aromatic heterocycles. The average molecular weight is 241 g/mol. The number of hydrogen-bond donors (Lipinski definition) is 2. The molecular formula is C13H27N3O. The van der Waals surface area contributed by atoms with Crippen molar-refractivity contribution in [2.24, 2.45) is 11.7 Å². The van der Waals surface area contributed by atoms with Crippen LogP contribution >= 0.6 is 0 Å². The molecule has 2 aliphatic rings. The molecule has 0 aromatic rings. The number of rotatable bonds is 5. The number of nitrogens with two attached hydrogens (primary N) is 1. The summed E-state index contributed by atoms with van der Waals surface area (Å²) in [5.41, 5.74) is 6.27. The lowest BCUT2D eigenvalue weighted by Crippen LogP contribution is -2.59. The van der Waals surface area contributed by atoms with Crippen molar-refractivity contribution >= 4 is 0 Å². The van der Waals surface area contributed by atoms with E-state index < -0.39 is 0 Å². The summed E-state index contributed by atoms with van der Waals surface area (Å²) >= 11 is 0. The minimum absolute atomic E-state index is 0.168. The molecule has 0 amide bonds. The van der Waals surface area contributed by atoms with Gasteiger partial charge in [-0.2, -0.15) is 0 Å². The second kappa shape index (κ2) is 5.65. The zero-order chi connectivity index (χ0) is 12.4. The van der Waals surface area contributed by atoms with Crippen LogP contribution in [0.4, 0.5) is 0 Å². The van der Waals surface area contributed by atoms with Crippen LogP contribution in [0.3, 0.4) is 0 Å². The van der Waals surface area contributed by atoms with Crippen molar-refractivity contribution in [2.45, 2.75) is 44.3 Å². The molecule has 1 aliphatic carbocycles. The van der Waals surface area contributed by atoms with Crippen LogP contribution < -0.4 is 5.73 Å². The van der Waals surface area contributed by atoms with Gasteiger partial charge in [0.05, 0.1) is 6.61 Å². The molecule has 0 radical (unpaired) electrons. The van der Waals surface area contributed by atoms with Gasteiger partial charge in [0, 0.05) is 37.8 Å². The minimum atomic E-state index is 0.168. The predicted octanol–water partition coefficient (Wildman–Crippen LogP) is 0.111. The first-order chi connectivity index (χ1) is 8.17. The van der Waals surface area contributed by atoms with Crippen LogP contribution in [0.1, 0.15) is 26.2 Å². The lowest BCUT2D eigenvalue weighted by atomic mass is 10.0. The summed E-state index contributed by atoms with van der Waals surface area (Å²) in [6, 6.07) is 0.954. The van der Waals surface area contributed by atoms with Gasteiger partial charge in [0.1, 0.15) is 0 Å². The van der Waals surface area contributed by atoms with Gasteiger partial charge in [-0.25, -0.2) is 0 Å². The Morgan fingerprint density at radius 2 is 2.06 bits per heavy atom. The highest BCUT2D eigenvalue weighted by Gasteiger charge is 2.38. The number of nitrogens with zero attached hydrogens (tertiary/aromatic N) is 2. The molecule has 3 unspecified atom stereocenters. The van der Waals surface area contributed by atoms with E-state index >= 15 is 0 Å². The lowest BCUT2D eigenvalue weighted by molar-refractivity contribution is 0.0271. The summed E-state index contributed by atoms with van der Waals surface area (Å²) in [6.07, 6.45) is 3.68. The zero-order valence-electron chi connectivity index (χ0n) is 11.2. The summed E-state index contributed by atoms with van der Waals surface area (Å²) < 4.78 is 0. The molecule has 3 N–H and O–H groups in total. The number of aliphatic hydroxyl groups excluding tert-OH is 1. The van der Waals surface area contributed by atoms with Crippen LogP contribution in [0, 0.1) is 5.92 Å². The Bertz CT molecular complexity index is 245. The summed E-state index contributed by atoms with van der Waals surface area (Å²) in [5.74, 6) is 0.659. The highest BCUT2D eigenvalue weighted by molar-refractivity contribution is 4.95. The molecule has 2 rings (SSSR count). The fourth-order valence-corrected chi connectivity index (χ4v) is 2.99. The number of likely N-dealkylation sites (N-methyl/N-ethyl adjacent to an activating group) is 1. The monoisotopic (exact) mass is 241 g/mol. The Hall–Kier alpha value is -0.160. The van der Waals surface area contributed by atoms with Gasteiger partial charge < -0.3 is 15.7 Å². The van der Waals surface area contributed by atoms with Gasteiger partial charge in [-0.05, 0) is 32.2 Å². The Morgan fingerprint density at radius 3 is 2.59 bits per heavy atom. The maximum absolute atomic E-state index is 9.61. The topological polar surface area (TPSA) is 52.7 Å². The second-order valence-corrected chi connectivity index (χ2v) is 5.70. The molecule has 1 saturated carbocycles. The van der Waals surface area contributed by atoms with Crippen molar-refractivity contribution in [3.8, 4) is 0 Å². The molecule has 1 saturated heterocycles. The fourth-order valence-electron chi connectivity index (χ4n) is 2.99. The first-order valence-electron chi connectivity index (χ1n) is 6.98. The molecule has 0 bridgehead atoms. The van der Waals surface area contributed by atoms with Gasteiger partial charge in [0.15, 0.2) is 0 Å². The quantitative estimate of drug-likeness (QED) is 0.717. The third-order valence-corrected chi connectivity index (χ3v) is 4.55. The van der Waals surface area contributed by atoms with Gasteiger partial charge in [-0.1, -0.05) is 6.92 Å². The maximum atomic E-state index is 9.61. The van der Waals surface area contributed by atoms with Crippen molar-refractivity contribution in [2.75, 3.05) is 33.3 Å². The second-order valence-electron chi connectivity index (χ2n) is 5.70. The highest BCUT2D eigenvalue weighted by atomic mass is 16.3. The normalized spacial score (nSPS) is 31.4. The van der Waals surface area contributed by atoms with Crippen LogP contribution in [0.25, 0.3) is 0 Å². The third-order valence-electron chi connectivity index (χ3n) is 4.55. The standard InChI is InChI=1S/C13H27N3O/c1-3-11-8-16(7-6-15(11)2)12(9-17)13(14)10-4-5-10/h10-13,17H,3-9,14H2,1-2H3. The highest BCUT2D eigenvalue weighted by Crippen LogP contribution is 2.34. The predicted molar refractivity (Wildman–Crippen MR) is 69.9 cm³/mol. The van der Waals surface area contributed by atoms with Crippen LogP contribution in [-0.2, 0) is 0 Å². The number of hydrogen-bond acceptors (Lipinski definition) is 4. The number of aliphatic hydroxyl groups is 1. The third kappa shape index (κ3) is 2.99. The van der Waals surface area contributed by atoms with Crippen LogP contribution in [0.5, 0.6) is 0 Å². The Kier molecular flexibility index (Phi) is 4.42. The van der Waals surface area contributed by atoms with Gasteiger partial charge in [0.25, 0.3) is 0 Å². The summed E-state index contributed by atoms with van der Waals surface area (Å²) in [4.78, 5) is 4.84. The molecule has 17 heavy (non-hydrogen) atoms. The molecule has 2 fully saturated rings. The molecule has 100 valence electrons. The molecular weight excluding hydrogens is 214 g/mol. The van der Waals surface area contributed by atoms with Gasteiger partial charge in [-0.3, -0.25) is 4.90 Å². The van der Waals surface area contributed by atoms with Crippen molar-refractivity contribution in [3.05, 3.63) is 0 Å². The zero-order valence-corrected chi connectivity index (χ0v) is 11.2. The number of piperazine rings is 1. The van der Waals surface area contributed by atoms with E-state index in [1.54, 1.807) is 0 Å². The molecule has 0 spiro atoms. The summed E-state index contributed by atoms with van der Waals surface area (Å²) in [5, 5.41) is 9.61. The van der Waals surface area contributed by atoms with E-state index in [4.69, 9.17) is 5.73 Å². The van der Waals surface area contributed by atoms with E-state index in [-0.39, 0.29) is 18.7 Å². The van der Waals surface area contributed by atoms with E-state index in [1.807, 2.05) is 0 Å². The molecule has 0 aromatic carbocycles. The summed E-state index contributed by atoms with van der Waals surface area (Å²) in [7, 11) is 2.19. The molecule has 1 aliphatic heterocycles. The molecule has 1 heterocycles. The van der Waals surface area contributed by atoms with Gasteiger partial charge in [-0.15, -0.1) is 0 Å². The van der Waals surface area contributed by atoms with E-state index in [2.05, 4.69) is 23.8 Å². The Morgan fingerprint density at radius 1 is 1.35 bits per heavy atom. The summed E-state index contributed by atoms with van der Waals surface area (Å²) in [6.45, 7) is 5.63. The minimum Gasteiger partial charge on any atom is -0.395 e.